The second kappa shape index (κ2) is 36.4. The zero-order chi connectivity index (χ0) is 19.3. The summed E-state index contributed by atoms with van der Waals surface area (Å²) in [7, 11) is 2.56. The second-order valence-electron chi connectivity index (χ2n) is 9.09. The predicted octanol–water partition coefficient (Wildman–Crippen LogP) is 10.2. The van der Waals surface area contributed by atoms with Crippen molar-refractivity contribution in [1.82, 2.24) is 0 Å². The Kier molecular flexibility index (Phi) is 54.3. The number of halogens is 4. The van der Waals surface area contributed by atoms with E-state index in [4.69, 9.17) is 0 Å². The van der Waals surface area contributed by atoms with Gasteiger partial charge in [0.1, 0.15) is 0 Å². The fourth-order valence-corrected chi connectivity index (χ4v) is 4.16. The van der Waals surface area contributed by atoms with Crippen molar-refractivity contribution in [3.63, 3.8) is 0 Å². The average molecular weight is 562 g/mol. The SMILES string of the molecule is CCCCCCCC[N+](C)(CCCCCCCC)CCCCCCCC.Cl.Cl.Cl.Cl.[Ti]. The first kappa shape index (κ1) is 46.2. The van der Waals surface area contributed by atoms with E-state index >= 15 is 0 Å². The molecule has 0 saturated heterocycles. The van der Waals surface area contributed by atoms with Crippen molar-refractivity contribution in [2.45, 2.75) is 136 Å². The van der Waals surface area contributed by atoms with Gasteiger partial charge in [0.2, 0.25) is 0 Å². The monoisotopic (exact) mass is 560 g/mol. The van der Waals surface area contributed by atoms with Gasteiger partial charge in [-0.15, -0.1) is 49.6 Å². The van der Waals surface area contributed by atoms with Crippen molar-refractivity contribution in [3.05, 3.63) is 0 Å². The third-order valence-electron chi connectivity index (χ3n) is 6.15. The number of unbranched alkanes of at least 4 members (excludes halogenated alkanes) is 15. The van der Waals surface area contributed by atoms with E-state index in [2.05, 4.69) is 27.8 Å². The average Bonchev–Trinajstić information content (AvgIpc) is 2.64. The van der Waals surface area contributed by atoms with Crippen molar-refractivity contribution in [3.8, 4) is 0 Å². The summed E-state index contributed by atoms with van der Waals surface area (Å²) < 4.78 is 1.36. The molecular formula is C25H58Cl4NTi+. The smallest absolute Gasteiger partial charge is 0.0784 e. The Bertz CT molecular complexity index is 243. The van der Waals surface area contributed by atoms with Gasteiger partial charge in [-0.1, -0.05) is 97.8 Å². The van der Waals surface area contributed by atoms with Crippen LogP contribution in [0.1, 0.15) is 136 Å². The molecule has 194 valence electrons. The van der Waals surface area contributed by atoms with E-state index in [-0.39, 0.29) is 71.3 Å². The van der Waals surface area contributed by atoms with Crippen LogP contribution in [0.3, 0.4) is 0 Å². The van der Waals surface area contributed by atoms with Crippen molar-refractivity contribution in [2.75, 3.05) is 26.7 Å². The molecule has 0 saturated carbocycles. The zero-order valence-electron chi connectivity index (χ0n) is 21.4. The Morgan fingerprint density at radius 2 is 0.548 bits per heavy atom. The van der Waals surface area contributed by atoms with Gasteiger partial charge in [-0.05, 0) is 38.5 Å². The molecule has 0 fully saturated rings. The van der Waals surface area contributed by atoms with Crippen molar-refractivity contribution in [2.24, 2.45) is 0 Å². The van der Waals surface area contributed by atoms with Crippen LogP contribution in [-0.4, -0.2) is 31.2 Å². The Morgan fingerprint density at radius 3 is 0.774 bits per heavy atom. The quantitative estimate of drug-likeness (QED) is 0.0742. The van der Waals surface area contributed by atoms with Crippen LogP contribution in [0.15, 0.2) is 0 Å². The molecule has 0 amide bonds. The maximum absolute atomic E-state index is 2.56. The van der Waals surface area contributed by atoms with E-state index in [0.29, 0.717) is 0 Å². The number of rotatable bonds is 21. The maximum Gasteiger partial charge on any atom is 0.0784 e. The number of nitrogens with zero attached hydrogens (tertiary/aromatic N) is 1. The fourth-order valence-electron chi connectivity index (χ4n) is 4.16. The summed E-state index contributed by atoms with van der Waals surface area (Å²) in [5, 5.41) is 0. The van der Waals surface area contributed by atoms with Crippen molar-refractivity contribution >= 4 is 49.6 Å². The molecule has 0 aliphatic carbocycles. The van der Waals surface area contributed by atoms with E-state index < -0.39 is 0 Å². The van der Waals surface area contributed by atoms with Crippen LogP contribution in [0.5, 0.6) is 0 Å². The molecule has 0 aromatic heterocycles. The molecule has 0 heterocycles. The van der Waals surface area contributed by atoms with Gasteiger partial charge in [-0.3, -0.25) is 0 Å². The molecule has 0 aromatic rings. The van der Waals surface area contributed by atoms with E-state index in [9.17, 15) is 0 Å². The third kappa shape index (κ3) is 34.1. The molecular weight excluding hydrogens is 504 g/mol. The Morgan fingerprint density at radius 1 is 0.355 bits per heavy atom. The first-order valence-electron chi connectivity index (χ1n) is 12.5. The molecule has 0 atom stereocenters. The second-order valence-corrected chi connectivity index (χ2v) is 9.09. The molecule has 0 aliphatic heterocycles. The standard InChI is InChI=1S/C25H54N.4ClH.Ti/c1-5-8-11-14-17-20-23-26(4,24-21-18-15-12-9-6-2)25-22-19-16-13-10-7-3;;;;;/h5-25H2,1-4H3;4*1H;/q+1;;;;;. The summed E-state index contributed by atoms with van der Waals surface area (Å²) in [6, 6.07) is 0. The number of quaternary nitrogens is 1. The molecule has 0 N–H and O–H groups in total. The molecule has 0 aromatic carbocycles. The molecule has 0 rings (SSSR count). The third-order valence-corrected chi connectivity index (χ3v) is 6.15. The first-order valence-corrected chi connectivity index (χ1v) is 12.5. The summed E-state index contributed by atoms with van der Waals surface area (Å²) >= 11 is 0. The van der Waals surface area contributed by atoms with E-state index in [1.807, 2.05) is 0 Å². The van der Waals surface area contributed by atoms with Gasteiger partial charge in [-0.25, -0.2) is 0 Å². The largest absolute Gasteiger partial charge is 0.326 e. The summed E-state index contributed by atoms with van der Waals surface area (Å²) in [5.74, 6) is 0. The van der Waals surface area contributed by atoms with Gasteiger partial charge in [-0.2, -0.15) is 0 Å². The van der Waals surface area contributed by atoms with E-state index in [0.717, 1.165) is 0 Å². The molecule has 0 bridgehead atoms. The molecule has 1 nitrogen and oxygen atoms in total. The van der Waals surface area contributed by atoms with Crippen LogP contribution in [0, 0.1) is 0 Å². The zero-order valence-corrected chi connectivity index (χ0v) is 26.3. The van der Waals surface area contributed by atoms with E-state index in [1.165, 1.54) is 140 Å². The number of hydrogen-bond acceptors (Lipinski definition) is 0. The van der Waals surface area contributed by atoms with Gasteiger partial charge in [0, 0.05) is 21.7 Å². The normalized spacial score (nSPS) is 10.1. The Labute approximate surface area is 237 Å². The minimum absolute atomic E-state index is 0. The van der Waals surface area contributed by atoms with Gasteiger partial charge < -0.3 is 4.48 Å². The molecule has 0 unspecified atom stereocenters. The van der Waals surface area contributed by atoms with Crippen LogP contribution in [0.4, 0.5) is 0 Å². The Balaban J connectivity index is -0.000000312. The van der Waals surface area contributed by atoms with Crippen LogP contribution < -0.4 is 0 Å². The van der Waals surface area contributed by atoms with Gasteiger partial charge in [0.15, 0.2) is 0 Å². The van der Waals surface area contributed by atoms with Crippen molar-refractivity contribution in [1.29, 1.82) is 0 Å². The summed E-state index contributed by atoms with van der Waals surface area (Å²) in [6.07, 6.45) is 25.9. The summed E-state index contributed by atoms with van der Waals surface area (Å²) in [5.41, 5.74) is 0. The molecule has 0 radical (unpaired) electrons. The van der Waals surface area contributed by atoms with Crippen LogP contribution in [0.25, 0.3) is 0 Å². The summed E-state index contributed by atoms with van der Waals surface area (Å²) in [4.78, 5) is 0. The van der Waals surface area contributed by atoms with Crippen molar-refractivity contribution < 1.29 is 26.2 Å². The topological polar surface area (TPSA) is 0 Å². The van der Waals surface area contributed by atoms with Gasteiger partial charge >= 0.3 is 0 Å². The van der Waals surface area contributed by atoms with Crippen LogP contribution in [0.2, 0.25) is 0 Å². The van der Waals surface area contributed by atoms with Gasteiger partial charge in [0.05, 0.1) is 26.7 Å². The molecule has 6 heteroatoms. The first-order chi connectivity index (χ1) is 12.7. The predicted molar refractivity (Wildman–Crippen MR) is 150 cm³/mol. The van der Waals surface area contributed by atoms with Gasteiger partial charge in [0.25, 0.3) is 0 Å². The van der Waals surface area contributed by atoms with Crippen LogP contribution in [-0.2, 0) is 21.7 Å². The maximum atomic E-state index is 2.56. The van der Waals surface area contributed by atoms with E-state index in [1.54, 1.807) is 0 Å². The molecule has 31 heavy (non-hydrogen) atoms. The number of hydrogen-bond donors (Lipinski definition) is 0. The molecule has 0 spiro atoms. The molecule has 0 aliphatic rings. The summed E-state index contributed by atoms with van der Waals surface area (Å²) in [6.45, 7) is 11.2. The minimum Gasteiger partial charge on any atom is -0.326 e. The Hall–Kier alpha value is 1.83. The fraction of sp³-hybridized carbons (Fsp3) is 1.00. The minimum atomic E-state index is 0. The van der Waals surface area contributed by atoms with Crippen LogP contribution >= 0.6 is 49.6 Å².